The van der Waals surface area contributed by atoms with Crippen molar-refractivity contribution in [2.75, 3.05) is 27.7 Å². The van der Waals surface area contributed by atoms with Gasteiger partial charge in [-0.15, -0.1) is 0 Å². The summed E-state index contributed by atoms with van der Waals surface area (Å²) < 4.78 is 4.54. The van der Waals surface area contributed by atoms with Crippen LogP contribution in [0.5, 0.6) is 0 Å². The first kappa shape index (κ1) is 14.5. The molecule has 0 saturated carbocycles. The molecule has 0 spiro atoms. The zero-order valence-corrected chi connectivity index (χ0v) is 10.3. The molecule has 16 heavy (non-hydrogen) atoms. The van der Waals surface area contributed by atoms with E-state index in [1.165, 1.54) is 19.3 Å². The van der Waals surface area contributed by atoms with Crippen LogP contribution >= 0.6 is 0 Å². The van der Waals surface area contributed by atoms with E-state index in [0.717, 1.165) is 5.57 Å². The van der Waals surface area contributed by atoms with E-state index in [1.807, 2.05) is 19.0 Å². The first-order valence-electron chi connectivity index (χ1n) is 4.88. The van der Waals surface area contributed by atoms with Gasteiger partial charge in [-0.2, -0.15) is 0 Å². The number of hydrogen-bond acceptors (Lipinski definition) is 4. The summed E-state index contributed by atoms with van der Waals surface area (Å²) in [4.78, 5) is 13.1. The molecule has 0 aromatic heterocycles. The van der Waals surface area contributed by atoms with E-state index < -0.39 is 5.97 Å². The topological polar surface area (TPSA) is 49.8 Å². The van der Waals surface area contributed by atoms with Crippen molar-refractivity contribution >= 4 is 5.97 Å². The second-order valence-corrected chi connectivity index (χ2v) is 3.70. The lowest BCUT2D eigenvalue weighted by Crippen LogP contribution is -2.15. The molecule has 90 valence electrons. The lowest BCUT2D eigenvalue weighted by atomic mass is 10.1. The molecule has 0 aliphatic rings. The summed E-state index contributed by atoms with van der Waals surface area (Å²) in [5.41, 5.74) is 1.01. The molecule has 0 atom stereocenters. The standard InChI is InChI=1S/C12H19NO3/c1-6-10(12(15)16-5)7-11(14)9(2)8-13(3)4/h6-7,14H,1,8H2,2-5H3/b10-7+,11-9-. The van der Waals surface area contributed by atoms with E-state index in [-0.39, 0.29) is 11.3 Å². The molecular formula is C12H19NO3. The van der Waals surface area contributed by atoms with Gasteiger partial charge in [-0.1, -0.05) is 12.7 Å². The zero-order valence-electron chi connectivity index (χ0n) is 10.3. The summed E-state index contributed by atoms with van der Waals surface area (Å²) in [6.45, 7) is 5.90. The van der Waals surface area contributed by atoms with E-state index >= 15 is 0 Å². The minimum atomic E-state index is -0.515. The molecule has 0 heterocycles. The Hall–Kier alpha value is -1.55. The number of aliphatic hydroxyl groups excluding tert-OH is 1. The first-order valence-corrected chi connectivity index (χ1v) is 4.88. The third-order valence-corrected chi connectivity index (χ3v) is 1.92. The Kier molecular flexibility index (Phi) is 6.18. The lowest BCUT2D eigenvalue weighted by molar-refractivity contribution is -0.135. The monoisotopic (exact) mass is 225 g/mol. The van der Waals surface area contributed by atoms with Crippen molar-refractivity contribution in [3.63, 3.8) is 0 Å². The summed E-state index contributed by atoms with van der Waals surface area (Å²) in [6, 6.07) is 0. The molecule has 1 N–H and O–H groups in total. The molecule has 0 aromatic carbocycles. The molecule has 0 aromatic rings. The van der Waals surface area contributed by atoms with Gasteiger partial charge in [0.05, 0.1) is 12.7 Å². The fraction of sp³-hybridized carbons (Fsp3) is 0.417. The molecule has 4 nitrogen and oxygen atoms in total. The maximum absolute atomic E-state index is 11.2. The molecule has 0 aliphatic carbocycles. The van der Waals surface area contributed by atoms with Crippen LogP contribution in [0.2, 0.25) is 0 Å². The number of methoxy groups -OCH3 is 1. The van der Waals surface area contributed by atoms with Crippen LogP contribution < -0.4 is 0 Å². The van der Waals surface area contributed by atoms with Crippen molar-refractivity contribution in [2.45, 2.75) is 6.92 Å². The highest BCUT2D eigenvalue weighted by Gasteiger charge is 2.07. The third kappa shape index (κ3) is 4.79. The Balaban J connectivity index is 4.96. The van der Waals surface area contributed by atoms with Crippen molar-refractivity contribution in [3.05, 3.63) is 35.6 Å². The largest absolute Gasteiger partial charge is 0.508 e. The Morgan fingerprint density at radius 3 is 2.44 bits per heavy atom. The minimum absolute atomic E-state index is 0.0639. The average molecular weight is 225 g/mol. The van der Waals surface area contributed by atoms with Crippen molar-refractivity contribution < 1.29 is 14.6 Å². The van der Waals surface area contributed by atoms with E-state index in [0.29, 0.717) is 6.54 Å². The van der Waals surface area contributed by atoms with E-state index in [1.54, 1.807) is 6.92 Å². The van der Waals surface area contributed by atoms with Gasteiger partial charge in [-0.25, -0.2) is 4.79 Å². The molecule has 0 fully saturated rings. The molecule has 0 radical (unpaired) electrons. The van der Waals surface area contributed by atoms with Gasteiger partial charge in [-0.3, -0.25) is 0 Å². The highest BCUT2D eigenvalue weighted by Crippen LogP contribution is 2.08. The number of esters is 1. The smallest absolute Gasteiger partial charge is 0.337 e. The number of ether oxygens (including phenoxy) is 1. The summed E-state index contributed by atoms with van der Waals surface area (Å²) in [5, 5.41) is 9.73. The van der Waals surface area contributed by atoms with Crippen LogP contribution in [-0.4, -0.2) is 43.7 Å². The lowest BCUT2D eigenvalue weighted by Gasteiger charge is -2.10. The highest BCUT2D eigenvalue weighted by molar-refractivity contribution is 5.91. The van der Waals surface area contributed by atoms with Crippen LogP contribution in [-0.2, 0) is 9.53 Å². The van der Waals surface area contributed by atoms with Gasteiger partial charge in [0.15, 0.2) is 0 Å². The quantitative estimate of drug-likeness (QED) is 0.334. The predicted octanol–water partition coefficient (Wildman–Crippen LogP) is 1.67. The van der Waals surface area contributed by atoms with Crippen LogP contribution in [0.25, 0.3) is 0 Å². The summed E-state index contributed by atoms with van der Waals surface area (Å²) in [6.07, 6.45) is 2.71. The molecule has 0 bridgehead atoms. The van der Waals surface area contributed by atoms with Crippen LogP contribution in [0.4, 0.5) is 0 Å². The molecule has 0 aliphatic heterocycles. The van der Waals surface area contributed by atoms with Crippen molar-refractivity contribution in [1.29, 1.82) is 0 Å². The number of aliphatic hydroxyl groups is 1. The summed E-state index contributed by atoms with van der Waals surface area (Å²) in [5.74, 6) is -0.451. The van der Waals surface area contributed by atoms with Crippen LogP contribution in [0, 0.1) is 0 Å². The maximum atomic E-state index is 11.2. The Bertz CT molecular complexity index is 327. The van der Waals surface area contributed by atoms with Crippen molar-refractivity contribution in [3.8, 4) is 0 Å². The minimum Gasteiger partial charge on any atom is -0.508 e. The fourth-order valence-corrected chi connectivity index (χ4v) is 1.14. The van der Waals surface area contributed by atoms with Crippen molar-refractivity contribution in [1.82, 2.24) is 4.90 Å². The number of allylic oxidation sites excluding steroid dienone is 1. The van der Waals surface area contributed by atoms with Gasteiger partial charge in [0.2, 0.25) is 0 Å². The van der Waals surface area contributed by atoms with Gasteiger partial charge < -0.3 is 14.7 Å². The van der Waals surface area contributed by atoms with Gasteiger partial charge in [0, 0.05) is 6.54 Å². The Morgan fingerprint density at radius 2 is 2.06 bits per heavy atom. The highest BCUT2D eigenvalue weighted by atomic mass is 16.5. The number of carbonyl (C=O) groups excluding carboxylic acids is 1. The molecule has 0 saturated heterocycles. The first-order chi connectivity index (χ1) is 7.42. The van der Waals surface area contributed by atoms with Crippen molar-refractivity contribution in [2.24, 2.45) is 0 Å². The van der Waals surface area contributed by atoms with Crippen LogP contribution in [0.15, 0.2) is 35.6 Å². The van der Waals surface area contributed by atoms with Crippen LogP contribution in [0.1, 0.15) is 6.92 Å². The predicted molar refractivity (Wildman–Crippen MR) is 64.2 cm³/mol. The molecule has 0 rings (SSSR count). The molecule has 0 amide bonds. The number of nitrogens with zero attached hydrogens (tertiary/aromatic N) is 1. The number of rotatable bonds is 5. The van der Waals surface area contributed by atoms with E-state index in [9.17, 15) is 9.90 Å². The van der Waals surface area contributed by atoms with Gasteiger partial charge in [0.1, 0.15) is 5.76 Å². The zero-order chi connectivity index (χ0) is 12.7. The summed E-state index contributed by atoms with van der Waals surface area (Å²) >= 11 is 0. The SMILES string of the molecule is C=C/C(=C\C(O)=C(/C)CN(C)C)C(=O)OC. The van der Waals surface area contributed by atoms with Gasteiger partial charge in [0.25, 0.3) is 0 Å². The number of likely N-dealkylation sites (N-methyl/N-ethyl adjacent to an activating group) is 1. The molecule has 4 heteroatoms. The normalized spacial score (nSPS) is 13.4. The van der Waals surface area contributed by atoms with Crippen LogP contribution in [0.3, 0.4) is 0 Å². The third-order valence-electron chi connectivity index (χ3n) is 1.92. The Labute approximate surface area is 96.5 Å². The van der Waals surface area contributed by atoms with Gasteiger partial charge in [-0.05, 0) is 32.7 Å². The second-order valence-electron chi connectivity index (χ2n) is 3.70. The molecule has 0 unspecified atom stereocenters. The maximum Gasteiger partial charge on any atom is 0.337 e. The molecular weight excluding hydrogens is 206 g/mol. The second kappa shape index (κ2) is 6.85. The number of carbonyl (C=O) groups is 1. The average Bonchev–Trinajstić information content (AvgIpc) is 2.23. The van der Waals surface area contributed by atoms with E-state index in [2.05, 4.69) is 11.3 Å². The van der Waals surface area contributed by atoms with E-state index in [4.69, 9.17) is 0 Å². The summed E-state index contributed by atoms with van der Waals surface area (Å²) in [7, 11) is 5.08. The fourth-order valence-electron chi connectivity index (χ4n) is 1.14. The van der Waals surface area contributed by atoms with Gasteiger partial charge >= 0.3 is 5.97 Å². The Morgan fingerprint density at radius 1 is 1.50 bits per heavy atom. The number of hydrogen-bond donors (Lipinski definition) is 1.